The van der Waals surface area contributed by atoms with Gasteiger partial charge in [0.25, 0.3) is 0 Å². The normalized spacial score (nSPS) is 14.4. The van der Waals surface area contributed by atoms with Gasteiger partial charge in [0, 0.05) is 12.6 Å². The first kappa shape index (κ1) is 15.9. The van der Waals surface area contributed by atoms with E-state index in [1.54, 1.807) is 6.92 Å². The highest BCUT2D eigenvalue weighted by molar-refractivity contribution is 7.89. The fraction of sp³-hybridized carbons (Fsp3) is 0.455. The third-order valence-corrected chi connectivity index (χ3v) is 3.82. The largest absolute Gasteiger partial charge is 0.416 e. The van der Waals surface area contributed by atoms with Crippen LogP contribution in [0.25, 0.3) is 0 Å². The number of halogens is 3. The molecule has 0 aliphatic rings. The molecule has 1 unspecified atom stereocenters. The minimum Gasteiger partial charge on any atom is -0.328 e. The van der Waals surface area contributed by atoms with E-state index in [0.29, 0.717) is 12.5 Å². The summed E-state index contributed by atoms with van der Waals surface area (Å²) in [6.45, 7) is 1.79. The van der Waals surface area contributed by atoms with Crippen LogP contribution >= 0.6 is 0 Å². The number of hydrogen-bond donors (Lipinski definition) is 2. The Bertz CT molecular complexity index is 527. The van der Waals surface area contributed by atoms with Crippen molar-refractivity contribution in [2.24, 2.45) is 5.73 Å². The van der Waals surface area contributed by atoms with Crippen LogP contribution < -0.4 is 10.5 Å². The minimum atomic E-state index is -4.57. The van der Waals surface area contributed by atoms with Crippen LogP contribution in [0.5, 0.6) is 0 Å². The maximum absolute atomic E-state index is 12.5. The Labute approximate surface area is 109 Å². The van der Waals surface area contributed by atoms with Gasteiger partial charge >= 0.3 is 6.18 Å². The second-order valence-electron chi connectivity index (χ2n) is 4.19. The first-order chi connectivity index (χ1) is 8.63. The molecule has 8 heteroatoms. The fourth-order valence-corrected chi connectivity index (χ4v) is 2.44. The third kappa shape index (κ3) is 4.81. The van der Waals surface area contributed by atoms with Crippen LogP contribution in [0.4, 0.5) is 13.2 Å². The van der Waals surface area contributed by atoms with Crippen molar-refractivity contribution in [2.75, 3.05) is 6.54 Å². The van der Waals surface area contributed by atoms with E-state index in [2.05, 4.69) is 4.72 Å². The SMILES string of the molecule is CC(N)CCNS(=O)(=O)c1cccc(C(F)(F)F)c1. The van der Waals surface area contributed by atoms with Crippen LogP contribution in [0.15, 0.2) is 29.2 Å². The average molecular weight is 296 g/mol. The van der Waals surface area contributed by atoms with Crippen LogP contribution in [0.2, 0.25) is 0 Å². The monoisotopic (exact) mass is 296 g/mol. The summed E-state index contributed by atoms with van der Waals surface area (Å²) in [6, 6.07) is 3.41. The molecule has 1 aromatic carbocycles. The minimum absolute atomic E-state index is 0.0796. The first-order valence-electron chi connectivity index (χ1n) is 5.55. The highest BCUT2D eigenvalue weighted by Crippen LogP contribution is 2.30. The van der Waals surface area contributed by atoms with Gasteiger partial charge < -0.3 is 5.73 Å². The number of nitrogens with two attached hydrogens (primary N) is 1. The molecule has 1 atom stereocenters. The van der Waals surface area contributed by atoms with Crippen molar-refractivity contribution in [3.63, 3.8) is 0 Å². The lowest BCUT2D eigenvalue weighted by molar-refractivity contribution is -0.137. The van der Waals surface area contributed by atoms with E-state index >= 15 is 0 Å². The molecule has 0 saturated heterocycles. The molecule has 0 heterocycles. The molecule has 0 fully saturated rings. The molecule has 1 aromatic rings. The summed E-state index contributed by atoms with van der Waals surface area (Å²) in [7, 11) is -3.94. The first-order valence-corrected chi connectivity index (χ1v) is 7.04. The third-order valence-electron chi connectivity index (χ3n) is 2.36. The van der Waals surface area contributed by atoms with Gasteiger partial charge in [0.1, 0.15) is 0 Å². The second-order valence-corrected chi connectivity index (χ2v) is 5.96. The van der Waals surface area contributed by atoms with Gasteiger partial charge in [-0.2, -0.15) is 13.2 Å². The standard InChI is InChI=1S/C11H15F3N2O2S/c1-8(15)5-6-16-19(17,18)10-4-2-3-9(7-10)11(12,13)14/h2-4,7-8,16H,5-6,15H2,1H3. The van der Waals surface area contributed by atoms with Gasteiger partial charge in [0.2, 0.25) is 10.0 Å². The van der Waals surface area contributed by atoms with E-state index in [1.807, 2.05) is 0 Å². The lowest BCUT2D eigenvalue weighted by atomic mass is 10.2. The molecule has 0 saturated carbocycles. The summed E-state index contributed by atoms with van der Waals surface area (Å²) in [4.78, 5) is -0.410. The van der Waals surface area contributed by atoms with Crippen molar-refractivity contribution in [1.82, 2.24) is 4.72 Å². The van der Waals surface area contributed by atoms with Crippen LogP contribution in [0.3, 0.4) is 0 Å². The van der Waals surface area contributed by atoms with E-state index < -0.39 is 26.7 Å². The van der Waals surface area contributed by atoms with Gasteiger partial charge in [-0.05, 0) is 31.5 Å². The van der Waals surface area contributed by atoms with E-state index in [9.17, 15) is 21.6 Å². The Hall–Kier alpha value is -1.12. The molecule has 0 bridgehead atoms. The predicted molar refractivity (Wildman–Crippen MR) is 64.9 cm³/mol. The summed E-state index contributed by atoms with van der Waals surface area (Å²) in [5.74, 6) is 0. The lowest BCUT2D eigenvalue weighted by Crippen LogP contribution is -2.29. The van der Waals surface area contributed by atoms with E-state index in [1.165, 1.54) is 0 Å². The Balaban J connectivity index is 2.90. The molecule has 1 rings (SSSR count). The Morgan fingerprint density at radius 1 is 1.37 bits per heavy atom. The molecule has 108 valence electrons. The Morgan fingerprint density at radius 3 is 2.53 bits per heavy atom. The summed E-state index contributed by atoms with van der Waals surface area (Å²) in [5.41, 5.74) is 4.46. The van der Waals surface area contributed by atoms with E-state index in [4.69, 9.17) is 5.73 Å². The topological polar surface area (TPSA) is 72.2 Å². The number of benzene rings is 1. The van der Waals surface area contributed by atoms with Gasteiger partial charge in [-0.15, -0.1) is 0 Å². The average Bonchev–Trinajstić information content (AvgIpc) is 2.27. The van der Waals surface area contributed by atoms with Crippen molar-refractivity contribution in [3.05, 3.63) is 29.8 Å². The van der Waals surface area contributed by atoms with Crippen molar-refractivity contribution < 1.29 is 21.6 Å². The summed E-state index contributed by atoms with van der Waals surface area (Å²) < 4.78 is 63.2. The van der Waals surface area contributed by atoms with Crippen molar-refractivity contribution in [1.29, 1.82) is 0 Å². The smallest absolute Gasteiger partial charge is 0.328 e. The van der Waals surface area contributed by atoms with Crippen LogP contribution in [-0.4, -0.2) is 21.0 Å². The quantitative estimate of drug-likeness (QED) is 0.869. The van der Waals surface area contributed by atoms with Gasteiger partial charge in [0.05, 0.1) is 10.5 Å². The van der Waals surface area contributed by atoms with Gasteiger partial charge in [0.15, 0.2) is 0 Å². The van der Waals surface area contributed by atoms with Crippen molar-refractivity contribution >= 4 is 10.0 Å². The zero-order valence-electron chi connectivity index (χ0n) is 10.2. The molecule has 0 spiro atoms. The zero-order valence-corrected chi connectivity index (χ0v) is 11.1. The molecule has 0 aromatic heterocycles. The molecule has 0 aliphatic heterocycles. The lowest BCUT2D eigenvalue weighted by Gasteiger charge is -2.11. The highest BCUT2D eigenvalue weighted by Gasteiger charge is 2.31. The van der Waals surface area contributed by atoms with Crippen LogP contribution in [0, 0.1) is 0 Å². The van der Waals surface area contributed by atoms with Crippen LogP contribution in [-0.2, 0) is 16.2 Å². The molecular formula is C11H15F3N2O2S. The number of nitrogens with one attached hydrogen (secondary N) is 1. The number of alkyl halides is 3. The maximum Gasteiger partial charge on any atom is 0.416 e. The fourth-order valence-electron chi connectivity index (χ4n) is 1.34. The Kier molecular flexibility index (Phi) is 4.94. The molecule has 4 nitrogen and oxygen atoms in total. The summed E-state index contributed by atoms with van der Waals surface area (Å²) in [6.07, 6.45) is -4.17. The second kappa shape index (κ2) is 5.89. The molecule has 0 amide bonds. The predicted octanol–water partition coefficient (Wildman–Crippen LogP) is 1.72. The van der Waals surface area contributed by atoms with Crippen molar-refractivity contribution in [2.45, 2.75) is 30.5 Å². The number of sulfonamides is 1. The molecule has 0 aliphatic carbocycles. The Morgan fingerprint density at radius 2 is 2.00 bits per heavy atom. The zero-order chi connectivity index (χ0) is 14.7. The van der Waals surface area contributed by atoms with Gasteiger partial charge in [-0.1, -0.05) is 6.07 Å². The van der Waals surface area contributed by atoms with E-state index in [0.717, 1.165) is 18.2 Å². The molecular weight excluding hydrogens is 281 g/mol. The molecule has 3 N–H and O–H groups in total. The van der Waals surface area contributed by atoms with Crippen LogP contribution in [0.1, 0.15) is 18.9 Å². The number of rotatable bonds is 5. The van der Waals surface area contributed by atoms with Gasteiger partial charge in [-0.25, -0.2) is 13.1 Å². The molecule has 0 radical (unpaired) electrons. The highest BCUT2D eigenvalue weighted by atomic mass is 32.2. The summed E-state index contributed by atoms with van der Waals surface area (Å²) >= 11 is 0. The summed E-state index contributed by atoms with van der Waals surface area (Å²) in [5, 5.41) is 0. The number of hydrogen-bond acceptors (Lipinski definition) is 3. The van der Waals surface area contributed by atoms with E-state index in [-0.39, 0.29) is 12.6 Å². The maximum atomic E-state index is 12.5. The van der Waals surface area contributed by atoms with Crippen molar-refractivity contribution in [3.8, 4) is 0 Å². The molecule has 19 heavy (non-hydrogen) atoms. The van der Waals surface area contributed by atoms with Gasteiger partial charge in [-0.3, -0.25) is 0 Å².